The Bertz CT molecular complexity index is 605. The van der Waals surface area contributed by atoms with E-state index < -0.39 is 5.92 Å². The minimum Gasteiger partial charge on any atom is -0.371 e. The number of halogens is 3. The second-order valence-corrected chi connectivity index (χ2v) is 5.24. The molecule has 0 spiro atoms. The molecule has 0 aliphatic carbocycles. The lowest BCUT2D eigenvalue weighted by Gasteiger charge is -2.33. The Morgan fingerprint density at radius 3 is 2.63 bits per heavy atom. The number of benzene rings is 1. The zero-order chi connectivity index (χ0) is 13.5. The van der Waals surface area contributed by atoms with E-state index in [2.05, 4.69) is 4.98 Å². The summed E-state index contributed by atoms with van der Waals surface area (Å²) in [6.07, 6.45) is 1.48. The van der Waals surface area contributed by atoms with E-state index in [9.17, 15) is 8.78 Å². The summed E-state index contributed by atoms with van der Waals surface area (Å²) in [5, 5.41) is 1.49. The maximum absolute atomic E-state index is 13.2. The van der Waals surface area contributed by atoms with Crippen LogP contribution in [0.1, 0.15) is 12.8 Å². The molecule has 0 atom stereocenters. The number of hydrogen-bond donors (Lipinski definition) is 0. The number of rotatable bonds is 1. The molecule has 1 aromatic carbocycles. The highest BCUT2D eigenvalue weighted by Crippen LogP contribution is 2.32. The average Bonchev–Trinajstić information content (AvgIpc) is 2.39. The van der Waals surface area contributed by atoms with Crippen LogP contribution in [0.2, 0.25) is 5.02 Å². The lowest BCUT2D eigenvalue weighted by Crippen LogP contribution is -2.39. The van der Waals surface area contributed by atoms with E-state index in [4.69, 9.17) is 11.6 Å². The second-order valence-electron chi connectivity index (χ2n) is 4.84. The first-order valence-electron chi connectivity index (χ1n) is 6.22. The first kappa shape index (κ1) is 12.6. The van der Waals surface area contributed by atoms with Gasteiger partial charge in [0.2, 0.25) is 0 Å². The van der Waals surface area contributed by atoms with Gasteiger partial charge in [-0.2, -0.15) is 0 Å². The van der Waals surface area contributed by atoms with Crippen LogP contribution in [0, 0.1) is 0 Å². The predicted octanol–water partition coefficient (Wildman–Crippen LogP) is 4.12. The maximum Gasteiger partial charge on any atom is 0.251 e. The Kier molecular flexibility index (Phi) is 3.05. The van der Waals surface area contributed by atoms with Gasteiger partial charge in [-0.15, -0.1) is 0 Å². The molecule has 3 rings (SSSR count). The molecule has 0 unspecified atom stereocenters. The maximum atomic E-state index is 13.2. The Labute approximate surface area is 115 Å². The highest BCUT2D eigenvalue weighted by atomic mass is 35.5. The molecule has 0 amide bonds. The summed E-state index contributed by atoms with van der Waals surface area (Å²) in [6, 6.07) is 7.45. The molecule has 19 heavy (non-hydrogen) atoms. The van der Waals surface area contributed by atoms with E-state index in [0.717, 1.165) is 16.6 Å². The summed E-state index contributed by atoms with van der Waals surface area (Å²) in [4.78, 5) is 6.20. The van der Waals surface area contributed by atoms with Crippen molar-refractivity contribution in [3.05, 3.63) is 35.5 Å². The van der Waals surface area contributed by atoms with Gasteiger partial charge in [-0.1, -0.05) is 11.6 Å². The largest absolute Gasteiger partial charge is 0.371 e. The number of piperidine rings is 1. The Morgan fingerprint density at radius 1 is 1.16 bits per heavy atom. The van der Waals surface area contributed by atoms with Crippen LogP contribution in [0.25, 0.3) is 10.9 Å². The van der Waals surface area contributed by atoms with Crippen LogP contribution >= 0.6 is 11.6 Å². The van der Waals surface area contributed by atoms with Crippen LogP contribution in [0.5, 0.6) is 0 Å². The van der Waals surface area contributed by atoms with Crippen LogP contribution in [-0.4, -0.2) is 24.0 Å². The van der Waals surface area contributed by atoms with Gasteiger partial charge in [-0.3, -0.25) is 4.98 Å². The fraction of sp³-hybridized carbons (Fsp3) is 0.357. The van der Waals surface area contributed by atoms with Crippen molar-refractivity contribution in [3.63, 3.8) is 0 Å². The summed E-state index contributed by atoms with van der Waals surface area (Å²) < 4.78 is 26.3. The van der Waals surface area contributed by atoms with Crippen molar-refractivity contribution in [3.8, 4) is 0 Å². The lowest BCUT2D eigenvalue weighted by atomic mass is 10.1. The molecule has 0 radical (unpaired) electrons. The fourth-order valence-corrected chi connectivity index (χ4v) is 2.60. The third kappa shape index (κ3) is 2.50. The van der Waals surface area contributed by atoms with Gasteiger partial charge in [0.15, 0.2) is 0 Å². The number of pyridine rings is 1. The molecule has 2 heterocycles. The first-order chi connectivity index (χ1) is 9.05. The Hall–Kier alpha value is -1.42. The number of aromatic nitrogens is 1. The molecule has 100 valence electrons. The van der Waals surface area contributed by atoms with E-state index in [1.807, 2.05) is 23.1 Å². The van der Waals surface area contributed by atoms with Gasteiger partial charge in [0.05, 0.1) is 10.5 Å². The fourth-order valence-electron chi connectivity index (χ4n) is 2.39. The smallest absolute Gasteiger partial charge is 0.251 e. The van der Waals surface area contributed by atoms with Gasteiger partial charge < -0.3 is 4.90 Å². The molecular formula is C14H13ClF2N2. The summed E-state index contributed by atoms with van der Waals surface area (Å²) in [5.74, 6) is -2.52. The number of nitrogens with zero attached hydrogens (tertiary/aromatic N) is 2. The summed E-state index contributed by atoms with van der Waals surface area (Å²) in [5.41, 5.74) is 1.75. The summed E-state index contributed by atoms with van der Waals surface area (Å²) >= 11 is 6.13. The number of fused-ring (bicyclic) bond motifs is 1. The van der Waals surface area contributed by atoms with E-state index in [1.54, 1.807) is 12.3 Å². The van der Waals surface area contributed by atoms with Crippen LogP contribution in [0.3, 0.4) is 0 Å². The standard InChI is InChI=1S/C14H13ClF2N2/c15-12-3-6-18-13-2-1-10(9-11(12)13)19-7-4-14(16,17)5-8-19/h1-3,6,9H,4-5,7-8H2. The number of anilines is 1. The normalized spacial score (nSPS) is 18.8. The summed E-state index contributed by atoms with van der Waals surface area (Å²) in [6.45, 7) is 0.743. The molecule has 5 heteroatoms. The molecule has 1 aliphatic heterocycles. The van der Waals surface area contributed by atoms with E-state index >= 15 is 0 Å². The second kappa shape index (κ2) is 4.60. The molecule has 2 aromatic rings. The SMILES string of the molecule is FC1(F)CCN(c2ccc3nccc(Cl)c3c2)CC1. The van der Waals surface area contributed by atoms with Crippen molar-refractivity contribution in [1.82, 2.24) is 4.98 Å². The van der Waals surface area contributed by atoms with Gasteiger partial charge >= 0.3 is 0 Å². The van der Waals surface area contributed by atoms with E-state index in [1.165, 1.54) is 0 Å². The van der Waals surface area contributed by atoms with Crippen molar-refractivity contribution in [2.45, 2.75) is 18.8 Å². The highest BCUT2D eigenvalue weighted by molar-refractivity contribution is 6.35. The monoisotopic (exact) mass is 282 g/mol. The molecule has 2 nitrogen and oxygen atoms in total. The third-order valence-corrected chi connectivity index (χ3v) is 3.86. The van der Waals surface area contributed by atoms with Gasteiger partial charge in [0.25, 0.3) is 5.92 Å². The van der Waals surface area contributed by atoms with Crippen LogP contribution < -0.4 is 4.90 Å². The molecule has 1 saturated heterocycles. The molecule has 1 fully saturated rings. The van der Waals surface area contributed by atoms with Crippen molar-refractivity contribution in [2.75, 3.05) is 18.0 Å². The molecular weight excluding hydrogens is 270 g/mol. The van der Waals surface area contributed by atoms with Crippen molar-refractivity contribution in [1.29, 1.82) is 0 Å². The van der Waals surface area contributed by atoms with Crippen LogP contribution in [0.15, 0.2) is 30.5 Å². The molecule has 0 bridgehead atoms. The van der Waals surface area contributed by atoms with Crippen molar-refractivity contribution >= 4 is 28.2 Å². The number of alkyl halides is 2. The number of hydrogen-bond acceptors (Lipinski definition) is 2. The van der Waals surface area contributed by atoms with Crippen LogP contribution in [-0.2, 0) is 0 Å². The lowest BCUT2D eigenvalue weighted by molar-refractivity contribution is -0.0220. The van der Waals surface area contributed by atoms with Crippen molar-refractivity contribution < 1.29 is 8.78 Å². The topological polar surface area (TPSA) is 16.1 Å². The van der Waals surface area contributed by atoms with E-state index in [-0.39, 0.29) is 12.8 Å². The van der Waals surface area contributed by atoms with Crippen molar-refractivity contribution in [2.24, 2.45) is 0 Å². The zero-order valence-electron chi connectivity index (χ0n) is 10.2. The molecule has 0 saturated carbocycles. The molecule has 1 aromatic heterocycles. The quantitative estimate of drug-likeness (QED) is 0.782. The minimum absolute atomic E-state index is 0.0915. The third-order valence-electron chi connectivity index (χ3n) is 3.53. The van der Waals surface area contributed by atoms with Gasteiger partial charge in [-0.05, 0) is 24.3 Å². The van der Waals surface area contributed by atoms with Crippen LogP contribution in [0.4, 0.5) is 14.5 Å². The first-order valence-corrected chi connectivity index (χ1v) is 6.60. The van der Waals surface area contributed by atoms with Gasteiger partial charge in [0, 0.05) is 43.2 Å². The zero-order valence-corrected chi connectivity index (χ0v) is 11.0. The highest BCUT2D eigenvalue weighted by Gasteiger charge is 2.34. The summed E-state index contributed by atoms with van der Waals surface area (Å²) in [7, 11) is 0. The molecule has 0 N–H and O–H groups in total. The predicted molar refractivity (Wildman–Crippen MR) is 73.1 cm³/mol. The Balaban J connectivity index is 1.92. The minimum atomic E-state index is -2.52. The molecule has 1 aliphatic rings. The van der Waals surface area contributed by atoms with Gasteiger partial charge in [-0.25, -0.2) is 8.78 Å². The van der Waals surface area contributed by atoms with E-state index in [0.29, 0.717) is 18.1 Å². The van der Waals surface area contributed by atoms with Gasteiger partial charge in [0.1, 0.15) is 0 Å². The Morgan fingerprint density at radius 2 is 1.89 bits per heavy atom. The average molecular weight is 283 g/mol.